The number of carbonyl (C=O) groups is 1. The number of ether oxygens (including phenoxy) is 2. The fraction of sp³-hybridized carbons (Fsp3) is 0.238. The highest BCUT2D eigenvalue weighted by Crippen LogP contribution is 2.33. The molecule has 6 nitrogen and oxygen atoms in total. The molecule has 1 N–H and O–H groups in total. The van der Waals surface area contributed by atoms with Crippen molar-refractivity contribution in [3.8, 4) is 22.8 Å². The molecule has 6 heteroatoms. The third-order valence-corrected chi connectivity index (χ3v) is 4.50. The van der Waals surface area contributed by atoms with Gasteiger partial charge in [0.25, 0.3) is 5.91 Å². The molecule has 27 heavy (non-hydrogen) atoms. The van der Waals surface area contributed by atoms with E-state index in [0.29, 0.717) is 22.8 Å². The summed E-state index contributed by atoms with van der Waals surface area (Å²) >= 11 is 0. The third-order valence-electron chi connectivity index (χ3n) is 4.50. The molecular formula is C21H20N2O4. The standard InChI is InChI=1S/C21H20N2O4/c1-13-8-16-9-14(6-7-19(16)26-13)20-11-17(23-27-20)12-22-21(24)15-4-3-5-18(10-15)25-2/h3-7,9-11,13H,8,12H2,1-2H3,(H,22,24). The zero-order valence-electron chi connectivity index (χ0n) is 15.2. The molecule has 138 valence electrons. The van der Waals surface area contributed by atoms with E-state index in [2.05, 4.69) is 23.5 Å². The number of methoxy groups -OCH3 is 1. The molecular weight excluding hydrogens is 344 g/mol. The molecule has 2 heterocycles. The molecule has 0 saturated carbocycles. The van der Waals surface area contributed by atoms with Gasteiger partial charge in [-0.15, -0.1) is 0 Å². The van der Waals surface area contributed by atoms with Crippen molar-refractivity contribution < 1.29 is 18.8 Å². The number of benzene rings is 2. The van der Waals surface area contributed by atoms with Gasteiger partial charge in [-0.1, -0.05) is 11.2 Å². The molecule has 1 aliphatic rings. The molecule has 4 rings (SSSR count). The quantitative estimate of drug-likeness (QED) is 0.749. The second kappa shape index (κ2) is 7.15. The SMILES string of the molecule is COc1cccc(C(=O)NCc2cc(-c3ccc4c(c3)CC(C)O4)on2)c1. The van der Waals surface area contributed by atoms with E-state index < -0.39 is 0 Å². The summed E-state index contributed by atoms with van der Waals surface area (Å²) < 4.78 is 16.3. The molecule has 0 radical (unpaired) electrons. The molecule has 0 bridgehead atoms. The molecule has 2 aromatic carbocycles. The zero-order valence-corrected chi connectivity index (χ0v) is 15.2. The van der Waals surface area contributed by atoms with Crippen molar-refractivity contribution in [2.75, 3.05) is 7.11 Å². The Labute approximate surface area is 157 Å². The number of hydrogen-bond acceptors (Lipinski definition) is 5. The Morgan fingerprint density at radius 2 is 2.15 bits per heavy atom. The monoisotopic (exact) mass is 364 g/mol. The van der Waals surface area contributed by atoms with Crippen molar-refractivity contribution in [3.63, 3.8) is 0 Å². The summed E-state index contributed by atoms with van der Waals surface area (Å²) in [5.41, 5.74) is 3.31. The summed E-state index contributed by atoms with van der Waals surface area (Å²) in [6.45, 7) is 2.34. The van der Waals surface area contributed by atoms with Gasteiger partial charge < -0.3 is 19.3 Å². The van der Waals surface area contributed by atoms with Gasteiger partial charge in [-0.05, 0) is 48.9 Å². The second-order valence-corrected chi connectivity index (χ2v) is 6.55. The number of aromatic nitrogens is 1. The maximum Gasteiger partial charge on any atom is 0.251 e. The number of amides is 1. The molecule has 3 aromatic rings. The average Bonchev–Trinajstić information content (AvgIpc) is 3.31. The topological polar surface area (TPSA) is 73.6 Å². The largest absolute Gasteiger partial charge is 0.497 e. The van der Waals surface area contributed by atoms with Crippen LogP contribution >= 0.6 is 0 Å². The third kappa shape index (κ3) is 3.65. The molecule has 1 aliphatic heterocycles. The molecule has 1 atom stereocenters. The Morgan fingerprint density at radius 3 is 3.00 bits per heavy atom. The van der Waals surface area contributed by atoms with Gasteiger partial charge >= 0.3 is 0 Å². The Bertz CT molecular complexity index is 980. The van der Waals surface area contributed by atoms with Crippen LogP contribution in [0.15, 0.2) is 53.1 Å². The van der Waals surface area contributed by atoms with Crippen LogP contribution in [-0.2, 0) is 13.0 Å². The van der Waals surface area contributed by atoms with Crippen LogP contribution in [0.2, 0.25) is 0 Å². The van der Waals surface area contributed by atoms with Gasteiger partial charge in [-0.2, -0.15) is 0 Å². The number of rotatable bonds is 5. The highest BCUT2D eigenvalue weighted by Gasteiger charge is 2.20. The number of hydrogen-bond donors (Lipinski definition) is 1. The van der Waals surface area contributed by atoms with Crippen LogP contribution in [0, 0.1) is 0 Å². The van der Waals surface area contributed by atoms with Gasteiger partial charge in [-0.3, -0.25) is 4.79 Å². The minimum absolute atomic E-state index is 0.192. The van der Waals surface area contributed by atoms with E-state index in [1.165, 1.54) is 5.56 Å². The first-order valence-corrected chi connectivity index (χ1v) is 8.80. The minimum Gasteiger partial charge on any atom is -0.497 e. The van der Waals surface area contributed by atoms with Crippen molar-refractivity contribution in [3.05, 3.63) is 65.4 Å². The lowest BCUT2D eigenvalue weighted by atomic mass is 10.1. The number of nitrogens with zero attached hydrogens (tertiary/aromatic N) is 1. The lowest BCUT2D eigenvalue weighted by Gasteiger charge is -2.05. The van der Waals surface area contributed by atoms with Crippen LogP contribution in [0.3, 0.4) is 0 Å². The lowest BCUT2D eigenvalue weighted by molar-refractivity contribution is 0.0949. The highest BCUT2D eigenvalue weighted by molar-refractivity contribution is 5.94. The Hall–Kier alpha value is -3.28. The fourth-order valence-electron chi connectivity index (χ4n) is 3.14. The minimum atomic E-state index is -0.192. The number of carbonyl (C=O) groups excluding carboxylic acids is 1. The van der Waals surface area contributed by atoms with E-state index in [9.17, 15) is 4.79 Å². The van der Waals surface area contributed by atoms with Crippen molar-refractivity contribution in [1.29, 1.82) is 0 Å². The summed E-state index contributed by atoms with van der Waals surface area (Å²) in [6, 6.07) is 14.8. The van der Waals surface area contributed by atoms with E-state index in [4.69, 9.17) is 14.0 Å². The first-order chi connectivity index (χ1) is 13.1. The van der Waals surface area contributed by atoms with Gasteiger partial charge in [-0.25, -0.2) is 0 Å². The normalized spacial score (nSPS) is 15.1. The van der Waals surface area contributed by atoms with Crippen LogP contribution in [-0.4, -0.2) is 24.3 Å². The van der Waals surface area contributed by atoms with Crippen LogP contribution in [0.25, 0.3) is 11.3 Å². The van der Waals surface area contributed by atoms with Crippen molar-refractivity contribution in [2.45, 2.75) is 26.0 Å². The molecule has 1 unspecified atom stereocenters. The zero-order chi connectivity index (χ0) is 18.8. The van der Waals surface area contributed by atoms with Gasteiger partial charge in [0.2, 0.25) is 0 Å². The highest BCUT2D eigenvalue weighted by atomic mass is 16.5. The predicted octanol–water partition coefficient (Wildman–Crippen LogP) is 3.60. The lowest BCUT2D eigenvalue weighted by Crippen LogP contribution is -2.22. The van der Waals surface area contributed by atoms with Crippen LogP contribution in [0.4, 0.5) is 0 Å². The summed E-state index contributed by atoms with van der Waals surface area (Å²) in [5.74, 6) is 2.04. The van der Waals surface area contributed by atoms with E-state index in [1.807, 2.05) is 18.2 Å². The van der Waals surface area contributed by atoms with Gasteiger partial charge in [0, 0.05) is 23.6 Å². The molecule has 0 fully saturated rings. The predicted molar refractivity (Wildman–Crippen MR) is 99.9 cm³/mol. The summed E-state index contributed by atoms with van der Waals surface area (Å²) in [6.07, 6.45) is 1.09. The van der Waals surface area contributed by atoms with Crippen LogP contribution in [0.5, 0.6) is 11.5 Å². The average molecular weight is 364 g/mol. The smallest absolute Gasteiger partial charge is 0.251 e. The fourth-order valence-corrected chi connectivity index (χ4v) is 3.14. The molecule has 1 aromatic heterocycles. The van der Waals surface area contributed by atoms with Crippen LogP contribution < -0.4 is 14.8 Å². The van der Waals surface area contributed by atoms with E-state index in [-0.39, 0.29) is 18.6 Å². The number of fused-ring (bicyclic) bond motifs is 1. The molecule has 0 spiro atoms. The van der Waals surface area contributed by atoms with E-state index in [1.54, 1.807) is 31.4 Å². The summed E-state index contributed by atoms with van der Waals surface area (Å²) in [5, 5.41) is 6.90. The van der Waals surface area contributed by atoms with E-state index >= 15 is 0 Å². The van der Waals surface area contributed by atoms with Crippen LogP contribution in [0.1, 0.15) is 28.5 Å². The Kier molecular flexibility index (Phi) is 4.54. The maximum absolute atomic E-state index is 12.3. The first kappa shape index (κ1) is 17.1. The summed E-state index contributed by atoms with van der Waals surface area (Å²) in [4.78, 5) is 12.3. The second-order valence-electron chi connectivity index (χ2n) is 6.55. The van der Waals surface area contributed by atoms with Gasteiger partial charge in [0.15, 0.2) is 5.76 Å². The summed E-state index contributed by atoms with van der Waals surface area (Å²) in [7, 11) is 1.57. The van der Waals surface area contributed by atoms with E-state index in [0.717, 1.165) is 17.7 Å². The number of nitrogens with one attached hydrogen (secondary N) is 1. The van der Waals surface area contributed by atoms with Crippen molar-refractivity contribution in [2.24, 2.45) is 0 Å². The Balaban J connectivity index is 1.43. The Morgan fingerprint density at radius 1 is 1.26 bits per heavy atom. The van der Waals surface area contributed by atoms with Gasteiger partial charge in [0.05, 0.1) is 13.7 Å². The first-order valence-electron chi connectivity index (χ1n) is 8.80. The molecule has 1 amide bonds. The van der Waals surface area contributed by atoms with Crippen molar-refractivity contribution in [1.82, 2.24) is 10.5 Å². The molecule has 0 saturated heterocycles. The molecule has 0 aliphatic carbocycles. The maximum atomic E-state index is 12.3. The van der Waals surface area contributed by atoms with Gasteiger partial charge in [0.1, 0.15) is 23.3 Å². The van der Waals surface area contributed by atoms with Crippen molar-refractivity contribution >= 4 is 5.91 Å².